The zero-order chi connectivity index (χ0) is 29.0. The Bertz CT molecular complexity index is 1540. The van der Waals surface area contributed by atoms with Crippen LogP contribution in [0.4, 0.5) is 5.69 Å². The first-order valence-electron chi connectivity index (χ1n) is 13.7. The molecule has 0 spiro atoms. The van der Waals surface area contributed by atoms with Gasteiger partial charge in [-0.3, -0.25) is 14.2 Å². The number of aromatic nitrogens is 3. The highest BCUT2D eigenvalue weighted by Gasteiger charge is 2.24. The predicted molar refractivity (Wildman–Crippen MR) is 162 cm³/mol. The fourth-order valence-corrected chi connectivity index (χ4v) is 5.78. The lowest BCUT2D eigenvalue weighted by Crippen LogP contribution is -2.36. The topological polar surface area (TPSA) is 89.3 Å². The average molecular weight is 570 g/mol. The van der Waals surface area contributed by atoms with Gasteiger partial charge in [-0.15, -0.1) is 10.2 Å². The number of para-hydroxylation sites is 3. The third-order valence-electron chi connectivity index (χ3n) is 7.18. The number of anilines is 1. The molecule has 0 atom stereocenters. The highest BCUT2D eigenvalue weighted by atomic mass is 32.2. The van der Waals surface area contributed by atoms with Crippen LogP contribution in [0.15, 0.2) is 78.0 Å². The molecule has 0 bridgehead atoms. The Morgan fingerprint density at radius 1 is 0.951 bits per heavy atom. The molecule has 212 valence electrons. The van der Waals surface area contributed by atoms with Crippen LogP contribution in [-0.2, 0) is 23.2 Å². The molecule has 0 saturated heterocycles. The second-order valence-corrected chi connectivity index (χ2v) is 11.9. The van der Waals surface area contributed by atoms with E-state index >= 15 is 0 Å². The molecule has 1 aromatic heterocycles. The predicted octanol–water partition coefficient (Wildman–Crippen LogP) is 5.57. The van der Waals surface area contributed by atoms with Gasteiger partial charge in [-0.05, 0) is 59.7 Å². The van der Waals surface area contributed by atoms with E-state index in [1.807, 2.05) is 76.2 Å². The molecule has 2 heterocycles. The third-order valence-corrected chi connectivity index (χ3v) is 8.10. The molecule has 5 rings (SSSR count). The number of aryl methyl sites for hydroxylation is 1. The summed E-state index contributed by atoms with van der Waals surface area (Å²) in [6.07, 6.45) is 1.92. The van der Waals surface area contributed by atoms with E-state index in [4.69, 9.17) is 4.74 Å². The van der Waals surface area contributed by atoms with Crippen LogP contribution >= 0.6 is 11.8 Å². The number of carbonyl (C=O) groups excluding carboxylic acids is 2. The Morgan fingerprint density at radius 3 is 2.39 bits per heavy atom. The molecule has 2 amide bonds. The van der Waals surface area contributed by atoms with Crippen LogP contribution in [-0.4, -0.2) is 46.0 Å². The minimum Gasteiger partial charge on any atom is -0.495 e. The quantitative estimate of drug-likeness (QED) is 0.279. The van der Waals surface area contributed by atoms with E-state index in [1.165, 1.54) is 17.3 Å². The zero-order valence-corrected chi connectivity index (χ0v) is 24.7. The fraction of sp³-hybridized carbons (Fsp3) is 0.312. The largest absolute Gasteiger partial charge is 0.495 e. The molecule has 3 aromatic carbocycles. The van der Waals surface area contributed by atoms with Crippen molar-refractivity contribution in [2.45, 2.75) is 50.7 Å². The molecule has 0 fully saturated rings. The molecule has 41 heavy (non-hydrogen) atoms. The Morgan fingerprint density at radius 2 is 1.66 bits per heavy atom. The summed E-state index contributed by atoms with van der Waals surface area (Å²) in [6.45, 7) is 7.27. The standard InChI is InChI=1S/C32H35N5O3S/c1-32(2,3)24-17-15-23(16-18-24)30(39)33-20-28-34-35-31(37(28)26-13-7-8-14-27(26)40-4)41-21-29(38)36-19-9-11-22-10-5-6-12-25(22)36/h5-8,10,12-18H,9,11,19-21H2,1-4H3,(H,33,39). The van der Waals surface area contributed by atoms with Gasteiger partial charge in [0.25, 0.3) is 5.91 Å². The van der Waals surface area contributed by atoms with Crippen molar-refractivity contribution in [2.75, 3.05) is 24.3 Å². The number of fused-ring (bicyclic) bond motifs is 1. The van der Waals surface area contributed by atoms with Gasteiger partial charge in [0.15, 0.2) is 11.0 Å². The first-order chi connectivity index (χ1) is 19.8. The maximum absolute atomic E-state index is 13.3. The molecular formula is C32H35N5O3S. The SMILES string of the molecule is COc1ccccc1-n1c(CNC(=O)c2ccc(C(C)(C)C)cc2)nnc1SCC(=O)N1CCCc2ccccc21. The maximum atomic E-state index is 13.3. The van der Waals surface area contributed by atoms with Crippen molar-refractivity contribution < 1.29 is 14.3 Å². The lowest BCUT2D eigenvalue weighted by molar-refractivity contribution is -0.116. The van der Waals surface area contributed by atoms with Gasteiger partial charge in [0.2, 0.25) is 5.91 Å². The van der Waals surface area contributed by atoms with Crippen LogP contribution in [0.25, 0.3) is 5.69 Å². The molecule has 1 aliphatic heterocycles. The van der Waals surface area contributed by atoms with Gasteiger partial charge in [0.05, 0.1) is 25.1 Å². The lowest BCUT2D eigenvalue weighted by Gasteiger charge is -2.29. The summed E-state index contributed by atoms with van der Waals surface area (Å²) < 4.78 is 7.48. The molecule has 1 N–H and O–H groups in total. The van der Waals surface area contributed by atoms with Gasteiger partial charge in [0, 0.05) is 17.8 Å². The van der Waals surface area contributed by atoms with Crippen molar-refractivity contribution in [3.05, 3.63) is 95.3 Å². The minimum absolute atomic E-state index is 0.00694. The van der Waals surface area contributed by atoms with Crippen LogP contribution in [0.2, 0.25) is 0 Å². The van der Waals surface area contributed by atoms with Crippen molar-refractivity contribution in [1.82, 2.24) is 20.1 Å². The number of hydrogen-bond acceptors (Lipinski definition) is 6. The van der Waals surface area contributed by atoms with Gasteiger partial charge >= 0.3 is 0 Å². The molecule has 0 radical (unpaired) electrons. The number of thioether (sulfide) groups is 1. The van der Waals surface area contributed by atoms with E-state index in [9.17, 15) is 9.59 Å². The Hall–Kier alpha value is -4.11. The van der Waals surface area contributed by atoms with Crippen molar-refractivity contribution in [1.29, 1.82) is 0 Å². The number of ether oxygens (including phenoxy) is 1. The van der Waals surface area contributed by atoms with E-state index in [0.717, 1.165) is 29.8 Å². The number of benzene rings is 3. The second kappa shape index (κ2) is 12.2. The Balaban J connectivity index is 1.36. The number of carbonyl (C=O) groups is 2. The van der Waals surface area contributed by atoms with E-state index < -0.39 is 0 Å². The number of hydrogen-bond donors (Lipinski definition) is 1. The molecule has 1 aliphatic rings. The van der Waals surface area contributed by atoms with E-state index in [1.54, 1.807) is 7.11 Å². The van der Waals surface area contributed by atoms with Crippen molar-refractivity contribution >= 4 is 29.3 Å². The Kier molecular flexibility index (Phi) is 8.44. The second-order valence-electron chi connectivity index (χ2n) is 11.0. The highest BCUT2D eigenvalue weighted by Crippen LogP contribution is 2.31. The summed E-state index contributed by atoms with van der Waals surface area (Å²) in [5.74, 6) is 1.19. The van der Waals surface area contributed by atoms with Crippen molar-refractivity contribution in [2.24, 2.45) is 0 Å². The van der Waals surface area contributed by atoms with Crippen molar-refractivity contribution in [3.8, 4) is 11.4 Å². The van der Waals surface area contributed by atoms with Crippen LogP contribution in [0.3, 0.4) is 0 Å². The number of rotatable bonds is 8. The van der Waals surface area contributed by atoms with Crippen LogP contribution in [0.5, 0.6) is 5.75 Å². The Labute approximate surface area is 245 Å². The molecule has 4 aromatic rings. The first kappa shape index (κ1) is 28.4. The number of methoxy groups -OCH3 is 1. The third kappa shape index (κ3) is 6.30. The normalized spacial score (nSPS) is 13.0. The minimum atomic E-state index is -0.201. The molecule has 8 nitrogen and oxygen atoms in total. The zero-order valence-electron chi connectivity index (χ0n) is 23.9. The fourth-order valence-electron chi connectivity index (χ4n) is 4.94. The molecule has 9 heteroatoms. The van der Waals surface area contributed by atoms with Crippen LogP contribution < -0.4 is 15.0 Å². The number of amides is 2. The number of nitrogens with zero attached hydrogens (tertiary/aromatic N) is 4. The summed E-state index contributed by atoms with van der Waals surface area (Å²) in [6, 6.07) is 23.3. The molecule has 0 aliphatic carbocycles. The van der Waals surface area contributed by atoms with Gasteiger partial charge < -0.3 is 15.0 Å². The van der Waals surface area contributed by atoms with E-state index in [2.05, 4.69) is 42.4 Å². The van der Waals surface area contributed by atoms with E-state index in [-0.39, 0.29) is 29.5 Å². The maximum Gasteiger partial charge on any atom is 0.251 e. The van der Waals surface area contributed by atoms with Gasteiger partial charge in [0.1, 0.15) is 5.75 Å². The summed E-state index contributed by atoms with van der Waals surface area (Å²) >= 11 is 1.32. The van der Waals surface area contributed by atoms with Crippen LogP contribution in [0, 0.1) is 0 Å². The highest BCUT2D eigenvalue weighted by molar-refractivity contribution is 7.99. The summed E-state index contributed by atoms with van der Waals surface area (Å²) in [5, 5.41) is 12.3. The molecule has 0 unspecified atom stereocenters. The molecule has 0 saturated carbocycles. The summed E-state index contributed by atoms with van der Waals surface area (Å²) in [5.41, 5.74) is 4.65. The van der Waals surface area contributed by atoms with E-state index in [0.29, 0.717) is 28.8 Å². The first-order valence-corrected chi connectivity index (χ1v) is 14.7. The summed E-state index contributed by atoms with van der Waals surface area (Å²) in [7, 11) is 1.61. The van der Waals surface area contributed by atoms with Gasteiger partial charge in [-0.1, -0.05) is 75.0 Å². The molecular weight excluding hydrogens is 534 g/mol. The number of nitrogens with one attached hydrogen (secondary N) is 1. The summed E-state index contributed by atoms with van der Waals surface area (Å²) in [4.78, 5) is 28.2. The lowest BCUT2D eigenvalue weighted by atomic mass is 9.87. The van der Waals surface area contributed by atoms with Gasteiger partial charge in [-0.2, -0.15) is 0 Å². The average Bonchev–Trinajstić information content (AvgIpc) is 3.40. The monoisotopic (exact) mass is 569 g/mol. The van der Waals surface area contributed by atoms with Crippen molar-refractivity contribution in [3.63, 3.8) is 0 Å². The van der Waals surface area contributed by atoms with Crippen LogP contribution in [0.1, 0.15) is 54.5 Å². The smallest absolute Gasteiger partial charge is 0.251 e. The van der Waals surface area contributed by atoms with Gasteiger partial charge in [-0.25, -0.2) is 0 Å².